The molecule has 0 radical (unpaired) electrons. The lowest BCUT2D eigenvalue weighted by Gasteiger charge is -2.08. The minimum absolute atomic E-state index is 0.124. The molecular formula is C14H23N5O2. The van der Waals surface area contributed by atoms with E-state index in [1.165, 1.54) is 0 Å². The fourth-order valence-electron chi connectivity index (χ4n) is 1.86. The van der Waals surface area contributed by atoms with Crippen LogP contribution in [0.3, 0.4) is 0 Å². The number of carbonyl (C=O) groups is 1. The van der Waals surface area contributed by atoms with Crippen molar-refractivity contribution in [3.8, 4) is 0 Å². The first-order valence-corrected chi connectivity index (χ1v) is 7.41. The smallest absolute Gasteiger partial charge is 0.220 e. The van der Waals surface area contributed by atoms with E-state index < -0.39 is 0 Å². The van der Waals surface area contributed by atoms with E-state index in [1.54, 1.807) is 6.07 Å². The summed E-state index contributed by atoms with van der Waals surface area (Å²) in [4.78, 5) is 20.0. The number of ether oxygens (including phenoxy) is 1. The van der Waals surface area contributed by atoms with Crippen molar-refractivity contribution in [2.45, 2.75) is 45.3 Å². The lowest BCUT2D eigenvalue weighted by Crippen LogP contribution is -2.25. The van der Waals surface area contributed by atoms with E-state index in [9.17, 15) is 4.79 Å². The minimum Gasteiger partial charge on any atom is -0.384 e. The molecular weight excluding hydrogens is 270 g/mol. The van der Waals surface area contributed by atoms with Crippen LogP contribution in [0.2, 0.25) is 0 Å². The molecule has 1 aromatic rings. The summed E-state index contributed by atoms with van der Waals surface area (Å²) in [5, 5.41) is 6.13. The number of anilines is 2. The van der Waals surface area contributed by atoms with Crippen molar-refractivity contribution >= 4 is 17.5 Å². The molecule has 0 aromatic carbocycles. The van der Waals surface area contributed by atoms with Crippen LogP contribution in [0.5, 0.6) is 0 Å². The van der Waals surface area contributed by atoms with Gasteiger partial charge in [0.15, 0.2) is 5.82 Å². The number of hydrogen-bond donors (Lipinski definition) is 3. The largest absolute Gasteiger partial charge is 0.384 e. The SMILES string of the molecule is CCOCc1nc(N)cc(NCCCC(=O)NC2CC2)n1. The van der Waals surface area contributed by atoms with E-state index in [0.29, 0.717) is 49.7 Å². The van der Waals surface area contributed by atoms with Crippen LogP contribution in [0.1, 0.15) is 38.4 Å². The quantitative estimate of drug-likeness (QED) is 0.589. The molecule has 4 N–H and O–H groups in total. The van der Waals surface area contributed by atoms with Crippen LogP contribution in [-0.4, -0.2) is 35.1 Å². The summed E-state index contributed by atoms with van der Waals surface area (Å²) in [6.45, 7) is 3.54. The highest BCUT2D eigenvalue weighted by Gasteiger charge is 2.22. The van der Waals surface area contributed by atoms with Gasteiger partial charge in [-0.3, -0.25) is 4.79 Å². The maximum atomic E-state index is 11.5. The summed E-state index contributed by atoms with van der Waals surface area (Å²) in [5.41, 5.74) is 5.73. The number of nitrogens with zero attached hydrogens (tertiary/aromatic N) is 2. The topological polar surface area (TPSA) is 102 Å². The minimum atomic E-state index is 0.124. The summed E-state index contributed by atoms with van der Waals surface area (Å²) in [5.74, 6) is 1.76. The second-order valence-electron chi connectivity index (χ2n) is 5.10. The monoisotopic (exact) mass is 293 g/mol. The third kappa shape index (κ3) is 5.95. The summed E-state index contributed by atoms with van der Waals surface area (Å²) in [7, 11) is 0. The molecule has 0 saturated heterocycles. The van der Waals surface area contributed by atoms with Crippen molar-refractivity contribution in [2.24, 2.45) is 0 Å². The van der Waals surface area contributed by atoms with Gasteiger partial charge in [-0.15, -0.1) is 0 Å². The first kappa shape index (κ1) is 15.5. The lowest BCUT2D eigenvalue weighted by atomic mass is 10.3. The molecule has 1 saturated carbocycles. The van der Waals surface area contributed by atoms with Crippen LogP contribution in [0.15, 0.2) is 6.07 Å². The summed E-state index contributed by atoms with van der Waals surface area (Å²) in [6.07, 6.45) is 3.51. The molecule has 7 heteroatoms. The average molecular weight is 293 g/mol. The zero-order chi connectivity index (χ0) is 15.1. The molecule has 1 fully saturated rings. The van der Waals surface area contributed by atoms with Gasteiger partial charge in [-0.25, -0.2) is 9.97 Å². The highest BCUT2D eigenvalue weighted by atomic mass is 16.5. The molecule has 1 aliphatic carbocycles. The maximum absolute atomic E-state index is 11.5. The van der Waals surface area contributed by atoms with Gasteiger partial charge in [0.2, 0.25) is 5.91 Å². The Hall–Kier alpha value is -1.89. The van der Waals surface area contributed by atoms with Gasteiger partial charge in [0.25, 0.3) is 0 Å². The van der Waals surface area contributed by atoms with Crippen LogP contribution in [0.25, 0.3) is 0 Å². The van der Waals surface area contributed by atoms with E-state index in [1.807, 2.05) is 6.92 Å². The van der Waals surface area contributed by atoms with E-state index in [2.05, 4.69) is 20.6 Å². The summed E-state index contributed by atoms with van der Waals surface area (Å²) >= 11 is 0. The molecule has 1 aromatic heterocycles. The average Bonchev–Trinajstić information content (AvgIpc) is 3.25. The van der Waals surface area contributed by atoms with Crippen LogP contribution in [-0.2, 0) is 16.1 Å². The number of carbonyl (C=O) groups excluding carboxylic acids is 1. The summed E-state index contributed by atoms with van der Waals surface area (Å²) in [6, 6.07) is 2.10. The zero-order valence-electron chi connectivity index (χ0n) is 12.4. The highest BCUT2D eigenvalue weighted by Crippen LogP contribution is 2.18. The molecule has 0 bridgehead atoms. The van der Waals surface area contributed by atoms with E-state index in [-0.39, 0.29) is 5.91 Å². The van der Waals surface area contributed by atoms with Crippen molar-refractivity contribution in [2.75, 3.05) is 24.2 Å². The molecule has 0 unspecified atom stereocenters. The van der Waals surface area contributed by atoms with Crippen molar-refractivity contribution < 1.29 is 9.53 Å². The molecule has 21 heavy (non-hydrogen) atoms. The molecule has 1 aliphatic rings. The van der Waals surface area contributed by atoms with Gasteiger partial charge in [-0.2, -0.15) is 0 Å². The third-order valence-electron chi connectivity index (χ3n) is 3.06. The number of hydrogen-bond acceptors (Lipinski definition) is 6. The fraction of sp³-hybridized carbons (Fsp3) is 0.643. The Morgan fingerprint density at radius 1 is 1.48 bits per heavy atom. The van der Waals surface area contributed by atoms with Crippen LogP contribution in [0, 0.1) is 0 Å². The van der Waals surface area contributed by atoms with Gasteiger partial charge in [0, 0.05) is 31.7 Å². The van der Waals surface area contributed by atoms with Crippen LogP contribution in [0.4, 0.5) is 11.6 Å². The Bertz CT molecular complexity index is 476. The zero-order valence-corrected chi connectivity index (χ0v) is 12.4. The Labute approximate surface area is 124 Å². The molecule has 1 amide bonds. The number of aromatic nitrogens is 2. The lowest BCUT2D eigenvalue weighted by molar-refractivity contribution is -0.121. The second-order valence-corrected chi connectivity index (χ2v) is 5.10. The standard InChI is InChI=1S/C14H23N5O2/c1-2-21-9-13-18-11(15)8-12(19-13)16-7-3-4-14(20)17-10-5-6-10/h8,10H,2-7,9H2,1H3,(H,17,20)(H3,15,16,18,19). The number of nitrogens with one attached hydrogen (secondary N) is 2. The normalized spacial score (nSPS) is 14.0. The molecule has 1 heterocycles. The van der Waals surface area contributed by atoms with E-state index in [4.69, 9.17) is 10.5 Å². The Balaban J connectivity index is 1.71. The van der Waals surface area contributed by atoms with Crippen LogP contribution >= 0.6 is 0 Å². The number of amides is 1. The third-order valence-corrected chi connectivity index (χ3v) is 3.06. The first-order chi connectivity index (χ1) is 10.2. The molecule has 0 aliphatic heterocycles. The van der Waals surface area contributed by atoms with Crippen LogP contribution < -0.4 is 16.4 Å². The van der Waals surface area contributed by atoms with Crippen molar-refractivity contribution in [1.29, 1.82) is 0 Å². The molecule has 2 rings (SSSR count). The van der Waals surface area contributed by atoms with Crippen molar-refractivity contribution in [1.82, 2.24) is 15.3 Å². The number of rotatable bonds is 9. The fourth-order valence-corrected chi connectivity index (χ4v) is 1.86. The van der Waals surface area contributed by atoms with Gasteiger partial charge in [0.1, 0.15) is 18.2 Å². The number of nitrogens with two attached hydrogens (primary N) is 1. The predicted octanol–water partition coefficient (Wildman–Crippen LogP) is 1.07. The molecule has 0 atom stereocenters. The van der Waals surface area contributed by atoms with Gasteiger partial charge in [-0.1, -0.05) is 0 Å². The molecule has 116 valence electrons. The molecule has 0 spiro atoms. The highest BCUT2D eigenvalue weighted by molar-refractivity contribution is 5.76. The predicted molar refractivity (Wildman–Crippen MR) is 80.7 cm³/mol. The van der Waals surface area contributed by atoms with Gasteiger partial charge < -0.3 is 21.1 Å². The Morgan fingerprint density at radius 2 is 2.29 bits per heavy atom. The summed E-state index contributed by atoms with van der Waals surface area (Å²) < 4.78 is 5.27. The van der Waals surface area contributed by atoms with Crippen molar-refractivity contribution in [3.63, 3.8) is 0 Å². The number of nitrogen functional groups attached to an aromatic ring is 1. The van der Waals surface area contributed by atoms with Gasteiger partial charge >= 0.3 is 0 Å². The maximum Gasteiger partial charge on any atom is 0.220 e. The van der Waals surface area contributed by atoms with E-state index in [0.717, 1.165) is 19.3 Å². The van der Waals surface area contributed by atoms with Gasteiger partial charge in [0.05, 0.1) is 0 Å². The van der Waals surface area contributed by atoms with Gasteiger partial charge in [-0.05, 0) is 26.2 Å². The first-order valence-electron chi connectivity index (χ1n) is 7.41. The Kier molecular flexibility index (Phi) is 5.74. The van der Waals surface area contributed by atoms with Crippen molar-refractivity contribution in [3.05, 3.63) is 11.9 Å². The molecule has 7 nitrogen and oxygen atoms in total. The second kappa shape index (κ2) is 7.78. The van der Waals surface area contributed by atoms with E-state index >= 15 is 0 Å². The Morgan fingerprint density at radius 3 is 3.00 bits per heavy atom.